The lowest BCUT2D eigenvalue weighted by Crippen LogP contribution is -2.29. The molecule has 5 nitrogen and oxygen atoms in total. The molecular formula is C21H16F2N2O3. The Morgan fingerprint density at radius 1 is 1.14 bits per heavy atom. The van der Waals surface area contributed by atoms with E-state index in [1.54, 1.807) is 0 Å². The van der Waals surface area contributed by atoms with E-state index < -0.39 is 23.5 Å². The number of carboxylic acids is 1. The first-order valence-electron chi connectivity index (χ1n) is 8.69. The summed E-state index contributed by atoms with van der Waals surface area (Å²) in [5.41, 5.74) is 1.95. The molecule has 2 heterocycles. The SMILES string of the molecule is CC1CN(C(=O)c2ccc(F)c(F)c2)C=C(C(=O)O)c2[nH]c3ccccc3c21. The summed E-state index contributed by atoms with van der Waals surface area (Å²) in [7, 11) is 0. The first-order chi connectivity index (χ1) is 13.4. The Balaban J connectivity index is 1.83. The van der Waals surface area contributed by atoms with Crippen LogP contribution in [0.25, 0.3) is 16.5 Å². The highest BCUT2D eigenvalue weighted by molar-refractivity contribution is 6.17. The van der Waals surface area contributed by atoms with Crippen LogP contribution in [0.5, 0.6) is 0 Å². The second-order valence-electron chi connectivity index (χ2n) is 6.79. The number of aromatic nitrogens is 1. The van der Waals surface area contributed by atoms with Crippen molar-refractivity contribution in [1.82, 2.24) is 9.88 Å². The molecule has 7 heteroatoms. The molecule has 0 spiro atoms. The quantitative estimate of drug-likeness (QED) is 0.700. The molecule has 0 saturated carbocycles. The molecule has 1 aromatic heterocycles. The number of H-pyrrole nitrogens is 1. The van der Waals surface area contributed by atoms with E-state index in [4.69, 9.17) is 0 Å². The summed E-state index contributed by atoms with van der Waals surface area (Å²) in [6.45, 7) is 2.09. The second-order valence-corrected chi connectivity index (χ2v) is 6.79. The molecule has 4 rings (SSSR count). The van der Waals surface area contributed by atoms with Crippen molar-refractivity contribution >= 4 is 28.4 Å². The lowest BCUT2D eigenvalue weighted by Gasteiger charge is -2.21. The van der Waals surface area contributed by atoms with Crippen LogP contribution in [0.4, 0.5) is 8.78 Å². The zero-order valence-corrected chi connectivity index (χ0v) is 14.9. The maximum Gasteiger partial charge on any atom is 0.339 e. The van der Waals surface area contributed by atoms with Gasteiger partial charge in [0.1, 0.15) is 0 Å². The van der Waals surface area contributed by atoms with Crippen molar-refractivity contribution in [1.29, 1.82) is 0 Å². The number of rotatable bonds is 2. The summed E-state index contributed by atoms with van der Waals surface area (Å²) in [6, 6.07) is 10.3. The number of nitrogens with zero attached hydrogens (tertiary/aromatic N) is 1. The van der Waals surface area contributed by atoms with Crippen LogP contribution in [0.1, 0.15) is 34.5 Å². The predicted molar refractivity (Wildman–Crippen MR) is 99.7 cm³/mol. The molecule has 0 saturated heterocycles. The summed E-state index contributed by atoms with van der Waals surface area (Å²) in [4.78, 5) is 29.2. The fourth-order valence-corrected chi connectivity index (χ4v) is 3.65. The van der Waals surface area contributed by atoms with Crippen LogP contribution >= 0.6 is 0 Å². The molecule has 0 radical (unpaired) electrons. The van der Waals surface area contributed by atoms with Crippen LogP contribution in [0.15, 0.2) is 48.7 Å². The van der Waals surface area contributed by atoms with Crippen molar-refractivity contribution in [2.75, 3.05) is 6.54 Å². The average Bonchev–Trinajstić information content (AvgIpc) is 2.98. The Bertz CT molecular complexity index is 1150. The van der Waals surface area contributed by atoms with Crippen molar-refractivity contribution in [2.45, 2.75) is 12.8 Å². The van der Waals surface area contributed by atoms with E-state index in [0.717, 1.165) is 28.6 Å². The highest BCUT2D eigenvalue weighted by atomic mass is 19.2. The molecule has 1 aliphatic rings. The van der Waals surface area contributed by atoms with Gasteiger partial charge in [-0.1, -0.05) is 25.1 Å². The number of hydrogen-bond donors (Lipinski definition) is 2. The van der Waals surface area contributed by atoms with Crippen LogP contribution in [-0.4, -0.2) is 33.4 Å². The Morgan fingerprint density at radius 3 is 2.61 bits per heavy atom. The molecule has 1 unspecified atom stereocenters. The largest absolute Gasteiger partial charge is 0.478 e. The van der Waals surface area contributed by atoms with Gasteiger partial charge in [-0.15, -0.1) is 0 Å². The molecular weight excluding hydrogens is 366 g/mol. The molecule has 1 atom stereocenters. The monoisotopic (exact) mass is 382 g/mol. The third-order valence-corrected chi connectivity index (χ3v) is 4.92. The number of amides is 1. The average molecular weight is 382 g/mol. The summed E-state index contributed by atoms with van der Waals surface area (Å²) in [5, 5.41) is 10.6. The lowest BCUT2D eigenvalue weighted by molar-refractivity contribution is -0.130. The second kappa shape index (κ2) is 6.60. The highest BCUT2D eigenvalue weighted by Gasteiger charge is 2.30. The van der Waals surface area contributed by atoms with E-state index in [1.165, 1.54) is 17.2 Å². The van der Waals surface area contributed by atoms with E-state index in [0.29, 0.717) is 5.69 Å². The van der Waals surface area contributed by atoms with Gasteiger partial charge in [0.05, 0.1) is 11.3 Å². The van der Waals surface area contributed by atoms with Crippen LogP contribution in [0.2, 0.25) is 0 Å². The van der Waals surface area contributed by atoms with Crippen LogP contribution in [-0.2, 0) is 4.79 Å². The zero-order chi connectivity index (χ0) is 20.0. The molecule has 0 bridgehead atoms. The number of carboxylic acid groups (broad SMARTS) is 1. The normalized spacial score (nSPS) is 16.5. The standard InChI is InChI=1S/C21H16F2N2O3/c1-11-9-25(20(26)12-6-7-15(22)16(23)8-12)10-14(21(27)28)19-18(11)13-4-2-3-5-17(13)24-19/h2-8,10-11,24H,9H2,1H3,(H,27,28). The van der Waals surface area contributed by atoms with Gasteiger partial charge in [0, 0.05) is 35.1 Å². The Hall–Kier alpha value is -3.48. The number of nitrogens with one attached hydrogen (secondary N) is 1. The van der Waals surface area contributed by atoms with E-state index in [-0.39, 0.29) is 23.6 Å². The minimum absolute atomic E-state index is 0.0532. The van der Waals surface area contributed by atoms with Crippen LogP contribution in [0, 0.1) is 11.6 Å². The first-order valence-corrected chi connectivity index (χ1v) is 8.69. The zero-order valence-electron chi connectivity index (χ0n) is 14.9. The highest BCUT2D eigenvalue weighted by Crippen LogP contribution is 2.36. The van der Waals surface area contributed by atoms with Gasteiger partial charge in [-0.25, -0.2) is 13.6 Å². The summed E-state index contributed by atoms with van der Waals surface area (Å²) in [6.07, 6.45) is 1.25. The third kappa shape index (κ3) is 2.85. The van der Waals surface area contributed by atoms with Gasteiger partial charge >= 0.3 is 5.97 Å². The molecule has 0 fully saturated rings. The molecule has 2 N–H and O–H groups in total. The van der Waals surface area contributed by atoms with Gasteiger partial charge in [0.25, 0.3) is 5.91 Å². The molecule has 1 aliphatic heterocycles. The number of hydrogen-bond acceptors (Lipinski definition) is 2. The number of carbonyl (C=O) groups is 2. The van der Waals surface area contributed by atoms with Gasteiger partial charge in [0.2, 0.25) is 0 Å². The number of aliphatic carboxylic acids is 1. The molecule has 142 valence electrons. The fourth-order valence-electron chi connectivity index (χ4n) is 3.65. The number of fused-ring (bicyclic) bond motifs is 3. The third-order valence-electron chi connectivity index (χ3n) is 4.92. The molecule has 0 aliphatic carbocycles. The lowest BCUT2D eigenvalue weighted by atomic mass is 9.96. The number of carbonyl (C=O) groups excluding carboxylic acids is 1. The van der Waals surface area contributed by atoms with Crippen LogP contribution in [0.3, 0.4) is 0 Å². The van der Waals surface area contributed by atoms with E-state index in [2.05, 4.69) is 4.98 Å². The van der Waals surface area contributed by atoms with E-state index in [9.17, 15) is 23.5 Å². The van der Waals surface area contributed by atoms with E-state index in [1.807, 2.05) is 31.2 Å². The maximum absolute atomic E-state index is 13.5. The number of para-hydroxylation sites is 1. The summed E-state index contributed by atoms with van der Waals surface area (Å²) >= 11 is 0. The fraction of sp³-hybridized carbons (Fsp3) is 0.143. The van der Waals surface area contributed by atoms with E-state index >= 15 is 0 Å². The first kappa shape index (κ1) is 17.9. The number of benzene rings is 2. The van der Waals surface area contributed by atoms with Crippen molar-refractivity contribution in [3.8, 4) is 0 Å². The Labute approximate surface area is 158 Å². The Kier molecular flexibility index (Phi) is 4.22. The van der Waals surface area contributed by atoms with Gasteiger partial charge in [0.15, 0.2) is 11.6 Å². The van der Waals surface area contributed by atoms with Crippen molar-refractivity contribution in [3.63, 3.8) is 0 Å². The van der Waals surface area contributed by atoms with Gasteiger partial charge < -0.3 is 15.0 Å². The van der Waals surface area contributed by atoms with Crippen molar-refractivity contribution < 1.29 is 23.5 Å². The molecule has 28 heavy (non-hydrogen) atoms. The van der Waals surface area contributed by atoms with Gasteiger partial charge in [-0.05, 0) is 29.8 Å². The molecule has 2 aromatic carbocycles. The number of halogens is 2. The minimum Gasteiger partial charge on any atom is -0.478 e. The topological polar surface area (TPSA) is 73.4 Å². The summed E-state index contributed by atoms with van der Waals surface area (Å²) < 4.78 is 26.7. The van der Waals surface area contributed by atoms with Gasteiger partial charge in [-0.2, -0.15) is 0 Å². The number of aromatic amines is 1. The van der Waals surface area contributed by atoms with Crippen LogP contribution < -0.4 is 0 Å². The molecule has 3 aromatic rings. The van der Waals surface area contributed by atoms with Crippen molar-refractivity contribution in [2.24, 2.45) is 0 Å². The predicted octanol–water partition coefficient (Wildman–Crippen LogP) is 4.13. The smallest absolute Gasteiger partial charge is 0.339 e. The maximum atomic E-state index is 13.5. The Morgan fingerprint density at radius 2 is 1.89 bits per heavy atom. The van der Waals surface area contributed by atoms with Crippen molar-refractivity contribution in [3.05, 3.63) is 77.1 Å². The van der Waals surface area contributed by atoms with Gasteiger partial charge in [-0.3, -0.25) is 4.79 Å². The summed E-state index contributed by atoms with van der Waals surface area (Å²) in [5.74, 6) is -4.16. The molecule has 1 amide bonds. The minimum atomic E-state index is -1.19.